The Balaban J connectivity index is 1.56. The van der Waals surface area contributed by atoms with E-state index in [1.807, 2.05) is 12.1 Å². The molecule has 10 nitrogen and oxygen atoms in total. The third kappa shape index (κ3) is 6.20. The predicted octanol–water partition coefficient (Wildman–Crippen LogP) is 4.67. The molecule has 1 amide bonds. The third-order valence-electron chi connectivity index (χ3n) is 5.74. The normalized spacial score (nSPS) is 17.7. The van der Waals surface area contributed by atoms with Gasteiger partial charge in [0.1, 0.15) is 24.4 Å². The zero-order chi connectivity index (χ0) is 26.7. The quantitative estimate of drug-likeness (QED) is 0.258. The van der Waals surface area contributed by atoms with E-state index in [9.17, 15) is 9.59 Å². The second-order valence-corrected chi connectivity index (χ2v) is 10.5. The fraction of sp³-hybridized carbons (Fsp3) is 0.417. The molecular weight excluding hydrogens is 553 g/mol. The van der Waals surface area contributed by atoms with Crippen LogP contribution < -0.4 is 24.3 Å². The minimum absolute atomic E-state index is 0.0942. The number of fused-ring (bicyclic) bond motifs is 1. The van der Waals surface area contributed by atoms with Gasteiger partial charge in [0.15, 0.2) is 23.0 Å². The fourth-order valence-electron chi connectivity index (χ4n) is 4.06. The number of epoxide rings is 1. The smallest absolute Gasteiger partial charge is 0.407 e. The summed E-state index contributed by atoms with van der Waals surface area (Å²) in [4.78, 5) is 24.6. The van der Waals surface area contributed by atoms with Crippen molar-refractivity contribution in [1.29, 1.82) is 0 Å². The number of benzene rings is 2. The first-order valence-corrected chi connectivity index (χ1v) is 12.2. The second-order valence-electron chi connectivity index (χ2n) is 8.01. The van der Waals surface area contributed by atoms with Gasteiger partial charge in [0, 0.05) is 12.1 Å². The zero-order valence-electron chi connectivity index (χ0n) is 20.1. The highest BCUT2D eigenvalue weighted by atomic mass is 35.6. The Kier molecular flexibility index (Phi) is 8.33. The summed E-state index contributed by atoms with van der Waals surface area (Å²) >= 11 is 16.8. The van der Waals surface area contributed by atoms with Crippen LogP contribution in [0, 0.1) is 0 Å². The number of carbonyl (C=O) groups is 2. The lowest BCUT2D eigenvalue weighted by atomic mass is 9.94. The maximum absolute atomic E-state index is 12.7. The number of hydrogen-bond donors (Lipinski definition) is 1. The summed E-state index contributed by atoms with van der Waals surface area (Å²) in [6, 6.07) is 7.11. The Labute approximate surface area is 227 Å². The molecule has 2 aromatic rings. The van der Waals surface area contributed by atoms with Crippen LogP contribution in [0.15, 0.2) is 24.3 Å². The predicted molar refractivity (Wildman–Crippen MR) is 133 cm³/mol. The van der Waals surface area contributed by atoms with Crippen molar-refractivity contribution in [3.63, 3.8) is 0 Å². The molecular formula is C24H24Cl3NO9. The summed E-state index contributed by atoms with van der Waals surface area (Å²) in [6.45, 7) is -0.0618. The molecule has 1 N–H and O–H groups in total. The Hall–Kier alpha value is -2.79. The summed E-state index contributed by atoms with van der Waals surface area (Å²) in [6.07, 6.45) is -1.17. The van der Waals surface area contributed by atoms with Crippen LogP contribution >= 0.6 is 34.8 Å². The molecule has 37 heavy (non-hydrogen) atoms. The highest BCUT2D eigenvalue weighted by Gasteiger charge is 2.46. The van der Waals surface area contributed by atoms with E-state index in [2.05, 4.69) is 5.32 Å². The molecule has 2 aliphatic rings. The van der Waals surface area contributed by atoms with E-state index < -0.39 is 28.1 Å². The van der Waals surface area contributed by atoms with Gasteiger partial charge >= 0.3 is 12.1 Å². The highest BCUT2D eigenvalue weighted by Crippen LogP contribution is 2.56. The SMILES string of the molecule is COC(=O)c1c([C@H]2O[C@@H]2c2cc3c(cc2CCNC(=O)OCC(Cl)(Cl)Cl)OCO3)ccc(OC)c1OC. The van der Waals surface area contributed by atoms with Crippen LogP contribution in [0.3, 0.4) is 0 Å². The second kappa shape index (κ2) is 11.3. The van der Waals surface area contributed by atoms with Crippen LogP contribution in [0.1, 0.15) is 39.3 Å². The van der Waals surface area contributed by atoms with Crippen molar-refractivity contribution in [2.24, 2.45) is 0 Å². The minimum Gasteiger partial charge on any atom is -0.493 e. The van der Waals surface area contributed by atoms with Crippen molar-refractivity contribution < 1.29 is 42.7 Å². The monoisotopic (exact) mass is 575 g/mol. The summed E-state index contributed by atoms with van der Waals surface area (Å²) in [5, 5.41) is 2.62. The van der Waals surface area contributed by atoms with Crippen LogP contribution in [-0.4, -0.2) is 57.1 Å². The van der Waals surface area contributed by atoms with Gasteiger partial charge in [-0.15, -0.1) is 0 Å². The Morgan fingerprint density at radius 2 is 1.73 bits per heavy atom. The molecule has 2 atom stereocenters. The van der Waals surface area contributed by atoms with Gasteiger partial charge in [0.25, 0.3) is 0 Å². The molecule has 0 unspecified atom stereocenters. The van der Waals surface area contributed by atoms with E-state index in [1.165, 1.54) is 21.3 Å². The number of alkyl carbamates (subject to hydrolysis) is 1. The van der Waals surface area contributed by atoms with Crippen molar-refractivity contribution in [1.82, 2.24) is 5.32 Å². The van der Waals surface area contributed by atoms with Crippen LogP contribution in [-0.2, 0) is 20.6 Å². The van der Waals surface area contributed by atoms with Crippen molar-refractivity contribution >= 4 is 46.9 Å². The number of esters is 1. The van der Waals surface area contributed by atoms with E-state index in [0.717, 1.165) is 11.1 Å². The van der Waals surface area contributed by atoms with E-state index in [0.29, 0.717) is 29.2 Å². The molecule has 200 valence electrons. The first kappa shape index (κ1) is 27.3. The van der Waals surface area contributed by atoms with E-state index in [4.69, 9.17) is 68.0 Å². The molecule has 13 heteroatoms. The van der Waals surface area contributed by atoms with Crippen LogP contribution in [0.25, 0.3) is 0 Å². The number of methoxy groups -OCH3 is 3. The molecule has 4 rings (SSSR count). The molecule has 2 aromatic carbocycles. The molecule has 0 bridgehead atoms. The van der Waals surface area contributed by atoms with Gasteiger partial charge in [-0.3, -0.25) is 0 Å². The summed E-state index contributed by atoms with van der Waals surface area (Å²) < 4.78 is 36.1. The lowest BCUT2D eigenvalue weighted by Gasteiger charge is -2.15. The fourth-order valence-corrected chi connectivity index (χ4v) is 4.22. The number of carbonyl (C=O) groups excluding carboxylic acids is 2. The van der Waals surface area contributed by atoms with Gasteiger partial charge < -0.3 is 38.5 Å². The van der Waals surface area contributed by atoms with E-state index in [-0.39, 0.29) is 31.3 Å². The number of halogens is 3. The molecule has 2 aliphatic heterocycles. The third-order valence-corrected chi connectivity index (χ3v) is 6.06. The van der Waals surface area contributed by atoms with Crippen LogP contribution in [0.5, 0.6) is 23.0 Å². The summed E-state index contributed by atoms with van der Waals surface area (Å²) in [7, 11) is 4.22. The highest BCUT2D eigenvalue weighted by molar-refractivity contribution is 6.67. The van der Waals surface area contributed by atoms with Gasteiger partial charge in [-0.1, -0.05) is 40.9 Å². The lowest BCUT2D eigenvalue weighted by molar-refractivity contribution is 0.0594. The van der Waals surface area contributed by atoms with Gasteiger partial charge in [0.05, 0.1) is 21.3 Å². The Morgan fingerprint density at radius 3 is 2.38 bits per heavy atom. The van der Waals surface area contributed by atoms with Gasteiger partial charge in [-0.05, 0) is 35.7 Å². The molecule has 0 radical (unpaired) electrons. The largest absolute Gasteiger partial charge is 0.493 e. The number of nitrogens with one attached hydrogen (secondary N) is 1. The van der Waals surface area contributed by atoms with Gasteiger partial charge in [0.2, 0.25) is 10.6 Å². The molecule has 1 saturated heterocycles. The average molecular weight is 577 g/mol. The van der Waals surface area contributed by atoms with Crippen LogP contribution in [0.4, 0.5) is 4.79 Å². The number of ether oxygens (including phenoxy) is 7. The Morgan fingerprint density at radius 1 is 1.03 bits per heavy atom. The number of amides is 1. The number of alkyl halides is 3. The number of rotatable bonds is 9. The first-order valence-electron chi connectivity index (χ1n) is 11.0. The molecule has 0 saturated carbocycles. The van der Waals surface area contributed by atoms with Gasteiger partial charge in [-0.2, -0.15) is 0 Å². The van der Waals surface area contributed by atoms with E-state index in [1.54, 1.807) is 12.1 Å². The van der Waals surface area contributed by atoms with Crippen molar-refractivity contribution in [2.75, 3.05) is 41.3 Å². The Bertz CT molecular complexity index is 1190. The summed E-state index contributed by atoms with van der Waals surface area (Å²) in [5.41, 5.74) is 2.47. The van der Waals surface area contributed by atoms with Crippen LogP contribution in [0.2, 0.25) is 0 Å². The molecule has 2 heterocycles. The van der Waals surface area contributed by atoms with Crippen molar-refractivity contribution in [3.8, 4) is 23.0 Å². The molecule has 0 spiro atoms. The van der Waals surface area contributed by atoms with Gasteiger partial charge in [-0.25, -0.2) is 9.59 Å². The standard InChI is InChI=1S/C24H24Cl3NO9/c1-31-15-5-4-13(18(21(15)32-2)22(29)33-3)19-20(37-19)14-9-17-16(35-11-36-17)8-12(14)6-7-28-23(30)34-10-24(25,26)27/h4-5,8-9,19-20H,6-7,10-11H2,1-3H3,(H,28,30)/t19-,20-/m1/s1. The maximum Gasteiger partial charge on any atom is 0.407 e. The topological polar surface area (TPSA) is 114 Å². The van der Waals surface area contributed by atoms with Crippen molar-refractivity contribution in [3.05, 3.63) is 46.5 Å². The summed E-state index contributed by atoms with van der Waals surface area (Å²) in [5.74, 6) is 1.22. The molecule has 0 aromatic heterocycles. The lowest BCUT2D eigenvalue weighted by Crippen LogP contribution is -2.29. The molecule has 1 fully saturated rings. The first-order chi connectivity index (χ1) is 17.7. The van der Waals surface area contributed by atoms with Crippen molar-refractivity contribution in [2.45, 2.75) is 22.4 Å². The maximum atomic E-state index is 12.7. The average Bonchev–Trinajstić information content (AvgIpc) is 3.53. The molecule has 0 aliphatic carbocycles. The zero-order valence-corrected chi connectivity index (χ0v) is 22.4. The minimum atomic E-state index is -1.70. The van der Waals surface area contributed by atoms with E-state index >= 15 is 0 Å². The number of hydrogen-bond acceptors (Lipinski definition) is 9.